The number of nitriles is 1. The number of aromatic nitrogens is 2. The third kappa shape index (κ3) is 2.62. The van der Waals surface area contributed by atoms with E-state index < -0.39 is 10.0 Å². The number of rotatable bonds is 3. The molecule has 0 aliphatic heterocycles. The topological polar surface area (TPSA) is 98.6 Å². The monoisotopic (exact) mass is 332 g/mol. The molecular formula is C14H9ClN4O2S. The van der Waals surface area contributed by atoms with E-state index in [0.29, 0.717) is 15.9 Å². The Morgan fingerprint density at radius 2 is 2.09 bits per heavy atom. The smallest absolute Gasteiger partial charge is 0.264 e. The minimum absolute atomic E-state index is 0.114. The van der Waals surface area contributed by atoms with Gasteiger partial charge in [0.05, 0.1) is 11.9 Å². The van der Waals surface area contributed by atoms with Gasteiger partial charge in [0.15, 0.2) is 0 Å². The Labute approximate surface area is 131 Å². The molecule has 8 heteroatoms. The second kappa shape index (κ2) is 5.33. The van der Waals surface area contributed by atoms with Crippen molar-refractivity contribution < 1.29 is 8.42 Å². The van der Waals surface area contributed by atoms with E-state index >= 15 is 0 Å². The molecule has 6 nitrogen and oxygen atoms in total. The molecule has 0 aliphatic carbocycles. The first-order valence-electron chi connectivity index (χ1n) is 6.15. The quantitative estimate of drug-likeness (QED) is 0.770. The number of benzene rings is 1. The molecule has 0 saturated carbocycles. The van der Waals surface area contributed by atoms with Gasteiger partial charge in [-0.3, -0.25) is 4.72 Å². The normalized spacial score (nSPS) is 11.3. The minimum Gasteiger partial charge on any atom is -0.360 e. The predicted molar refractivity (Wildman–Crippen MR) is 83.1 cm³/mol. The fourth-order valence-corrected chi connectivity index (χ4v) is 3.42. The summed E-state index contributed by atoms with van der Waals surface area (Å²) in [5.74, 6) is 0. The zero-order valence-electron chi connectivity index (χ0n) is 11.0. The van der Waals surface area contributed by atoms with Gasteiger partial charge in [0.25, 0.3) is 10.0 Å². The number of H-pyrrole nitrogens is 1. The number of nitrogens with one attached hydrogen (secondary N) is 2. The first-order chi connectivity index (χ1) is 10.5. The minimum atomic E-state index is -3.78. The standard InChI is InChI=1S/C14H9ClN4O2S/c15-9-1-4-12-13(5-9)18-8-14(12)22(20,21)19-11-3-2-10(6-16)17-7-11/h1-5,7-8,18-19H. The van der Waals surface area contributed by atoms with Crippen molar-refractivity contribution in [2.24, 2.45) is 0 Å². The Balaban J connectivity index is 1.99. The van der Waals surface area contributed by atoms with Gasteiger partial charge in [0, 0.05) is 22.1 Å². The second-order valence-electron chi connectivity index (χ2n) is 4.49. The van der Waals surface area contributed by atoms with Crippen molar-refractivity contribution in [1.82, 2.24) is 9.97 Å². The molecule has 1 aromatic carbocycles. The van der Waals surface area contributed by atoms with E-state index in [4.69, 9.17) is 16.9 Å². The van der Waals surface area contributed by atoms with Crippen LogP contribution in [-0.4, -0.2) is 18.4 Å². The van der Waals surface area contributed by atoms with E-state index in [1.54, 1.807) is 18.2 Å². The Morgan fingerprint density at radius 1 is 1.27 bits per heavy atom. The number of hydrogen-bond acceptors (Lipinski definition) is 4. The highest BCUT2D eigenvalue weighted by atomic mass is 35.5. The lowest BCUT2D eigenvalue weighted by Gasteiger charge is -2.06. The molecule has 0 bridgehead atoms. The maximum absolute atomic E-state index is 12.5. The van der Waals surface area contributed by atoms with Crippen LogP contribution in [0.3, 0.4) is 0 Å². The summed E-state index contributed by atoms with van der Waals surface area (Å²) in [6, 6.07) is 9.70. The Kier molecular flexibility index (Phi) is 3.48. The molecular weight excluding hydrogens is 324 g/mol. The molecule has 0 amide bonds. The Bertz CT molecular complexity index is 988. The maximum atomic E-state index is 12.5. The molecule has 2 heterocycles. The SMILES string of the molecule is N#Cc1ccc(NS(=O)(=O)c2c[nH]c3cc(Cl)ccc23)cn1. The van der Waals surface area contributed by atoms with E-state index in [-0.39, 0.29) is 16.3 Å². The molecule has 2 aromatic heterocycles. The molecule has 0 radical (unpaired) electrons. The highest BCUT2D eigenvalue weighted by molar-refractivity contribution is 7.93. The highest BCUT2D eigenvalue weighted by Gasteiger charge is 2.19. The van der Waals surface area contributed by atoms with Gasteiger partial charge in [-0.15, -0.1) is 0 Å². The number of sulfonamides is 1. The van der Waals surface area contributed by atoms with Crippen molar-refractivity contribution in [3.8, 4) is 6.07 Å². The number of halogens is 1. The molecule has 0 unspecified atom stereocenters. The van der Waals surface area contributed by atoms with Crippen molar-refractivity contribution in [3.05, 3.63) is 53.4 Å². The van der Waals surface area contributed by atoms with Crippen LogP contribution in [-0.2, 0) is 10.0 Å². The van der Waals surface area contributed by atoms with Crippen LogP contribution in [0.1, 0.15) is 5.69 Å². The van der Waals surface area contributed by atoms with E-state index in [1.807, 2.05) is 6.07 Å². The predicted octanol–water partition coefficient (Wildman–Crippen LogP) is 2.89. The molecule has 0 fully saturated rings. The summed E-state index contributed by atoms with van der Waals surface area (Å²) < 4.78 is 27.3. The maximum Gasteiger partial charge on any atom is 0.264 e. The lowest BCUT2D eigenvalue weighted by Crippen LogP contribution is -2.12. The van der Waals surface area contributed by atoms with Crippen LogP contribution < -0.4 is 4.72 Å². The molecule has 22 heavy (non-hydrogen) atoms. The number of anilines is 1. The second-order valence-corrected chi connectivity index (χ2v) is 6.58. The number of fused-ring (bicyclic) bond motifs is 1. The van der Waals surface area contributed by atoms with Crippen molar-refractivity contribution in [2.45, 2.75) is 4.90 Å². The summed E-state index contributed by atoms with van der Waals surface area (Å²) in [5.41, 5.74) is 1.12. The first kappa shape index (κ1) is 14.4. The van der Waals surface area contributed by atoms with Gasteiger partial charge >= 0.3 is 0 Å². The van der Waals surface area contributed by atoms with Gasteiger partial charge in [-0.2, -0.15) is 5.26 Å². The summed E-state index contributed by atoms with van der Waals surface area (Å²) in [7, 11) is -3.78. The van der Waals surface area contributed by atoms with Gasteiger partial charge < -0.3 is 4.98 Å². The summed E-state index contributed by atoms with van der Waals surface area (Å²) in [5, 5.41) is 9.74. The third-order valence-electron chi connectivity index (χ3n) is 3.03. The van der Waals surface area contributed by atoms with Gasteiger partial charge in [-0.05, 0) is 30.3 Å². The van der Waals surface area contributed by atoms with E-state index in [9.17, 15) is 8.42 Å². The number of hydrogen-bond donors (Lipinski definition) is 2. The third-order valence-corrected chi connectivity index (χ3v) is 4.68. The Morgan fingerprint density at radius 3 is 2.77 bits per heavy atom. The van der Waals surface area contributed by atoms with E-state index in [2.05, 4.69) is 14.7 Å². The molecule has 3 rings (SSSR count). The largest absolute Gasteiger partial charge is 0.360 e. The summed E-state index contributed by atoms with van der Waals surface area (Å²) in [6.45, 7) is 0. The lowest BCUT2D eigenvalue weighted by atomic mass is 10.2. The highest BCUT2D eigenvalue weighted by Crippen LogP contribution is 2.26. The fourth-order valence-electron chi connectivity index (χ4n) is 2.02. The van der Waals surface area contributed by atoms with Crippen molar-refractivity contribution >= 4 is 38.2 Å². The summed E-state index contributed by atoms with van der Waals surface area (Å²) in [4.78, 5) is 6.81. The molecule has 0 aliphatic rings. The van der Waals surface area contributed by atoms with Crippen LogP contribution in [0.15, 0.2) is 47.6 Å². The van der Waals surface area contributed by atoms with Crippen LogP contribution in [0, 0.1) is 11.3 Å². The first-order valence-corrected chi connectivity index (χ1v) is 8.01. The van der Waals surface area contributed by atoms with E-state index in [1.165, 1.54) is 24.5 Å². The zero-order chi connectivity index (χ0) is 15.7. The number of pyridine rings is 1. The summed E-state index contributed by atoms with van der Waals surface area (Å²) >= 11 is 5.88. The average Bonchev–Trinajstić information content (AvgIpc) is 2.91. The average molecular weight is 333 g/mol. The van der Waals surface area contributed by atoms with Gasteiger partial charge in [0.2, 0.25) is 0 Å². The number of aromatic amines is 1. The van der Waals surface area contributed by atoms with Gasteiger partial charge in [-0.25, -0.2) is 13.4 Å². The molecule has 110 valence electrons. The molecule has 0 saturated heterocycles. The molecule has 3 aromatic rings. The lowest BCUT2D eigenvalue weighted by molar-refractivity contribution is 0.602. The van der Waals surface area contributed by atoms with Crippen molar-refractivity contribution in [2.75, 3.05) is 4.72 Å². The van der Waals surface area contributed by atoms with Gasteiger partial charge in [0.1, 0.15) is 16.7 Å². The zero-order valence-corrected chi connectivity index (χ0v) is 12.6. The van der Waals surface area contributed by atoms with Crippen molar-refractivity contribution in [1.29, 1.82) is 5.26 Å². The summed E-state index contributed by atoms with van der Waals surface area (Å²) in [6.07, 6.45) is 2.70. The van der Waals surface area contributed by atoms with Crippen LogP contribution in [0.4, 0.5) is 5.69 Å². The van der Waals surface area contributed by atoms with Crippen molar-refractivity contribution in [3.63, 3.8) is 0 Å². The molecule has 0 atom stereocenters. The Hall–Kier alpha value is -2.56. The van der Waals surface area contributed by atoms with E-state index in [0.717, 1.165) is 0 Å². The van der Waals surface area contributed by atoms with Crippen LogP contribution in [0.2, 0.25) is 5.02 Å². The fraction of sp³-hybridized carbons (Fsp3) is 0. The van der Waals surface area contributed by atoms with Gasteiger partial charge in [-0.1, -0.05) is 11.6 Å². The van der Waals surface area contributed by atoms with Crippen LogP contribution in [0.25, 0.3) is 10.9 Å². The molecule has 0 spiro atoms. The van der Waals surface area contributed by atoms with Crippen LogP contribution in [0.5, 0.6) is 0 Å². The van der Waals surface area contributed by atoms with Crippen LogP contribution >= 0.6 is 11.6 Å². The molecule has 2 N–H and O–H groups in total. The number of nitrogens with zero attached hydrogens (tertiary/aromatic N) is 2.